The largest absolute Gasteiger partial charge is 0.511 e. The van der Waals surface area contributed by atoms with Crippen LogP contribution in [0.5, 0.6) is 0 Å². The molecular weight excluding hydrogens is 510 g/mol. The molecule has 2 rings (SSSR count). The summed E-state index contributed by atoms with van der Waals surface area (Å²) in [7, 11) is -3.59. The van der Waals surface area contributed by atoms with Crippen molar-refractivity contribution in [1.29, 1.82) is 0 Å². The molecule has 0 aromatic carbocycles. The van der Waals surface area contributed by atoms with Gasteiger partial charge < -0.3 is 15.5 Å². The van der Waals surface area contributed by atoms with E-state index in [0.717, 1.165) is 25.9 Å². The predicted octanol–water partition coefficient (Wildman–Crippen LogP) is 1.96. The van der Waals surface area contributed by atoms with E-state index in [4.69, 9.17) is 0 Å². The Morgan fingerprint density at radius 3 is 2.25 bits per heavy atom. The van der Waals surface area contributed by atoms with E-state index in [1.165, 1.54) is 25.9 Å². The zero-order valence-electron chi connectivity index (χ0n) is 16.2. The molecule has 0 aromatic heterocycles. The van der Waals surface area contributed by atoms with Crippen molar-refractivity contribution in [3.05, 3.63) is 0 Å². The molecule has 0 aliphatic carbocycles. The molecule has 2 fully saturated rings. The van der Waals surface area contributed by atoms with Gasteiger partial charge in [0.25, 0.3) is 0 Å². The lowest BCUT2D eigenvalue weighted by molar-refractivity contribution is -0.0494. The molecule has 0 spiro atoms. The molecular formula is C16H31F3IN5O2S. The van der Waals surface area contributed by atoms with Gasteiger partial charge in [0.15, 0.2) is 5.96 Å². The second-order valence-electron chi connectivity index (χ2n) is 7.02. The van der Waals surface area contributed by atoms with Crippen molar-refractivity contribution in [2.24, 2.45) is 4.99 Å². The number of guanidine groups is 1. The van der Waals surface area contributed by atoms with Crippen LogP contribution in [0.2, 0.25) is 0 Å². The molecule has 28 heavy (non-hydrogen) atoms. The van der Waals surface area contributed by atoms with Crippen molar-refractivity contribution in [3.63, 3.8) is 0 Å². The fourth-order valence-electron chi connectivity index (χ4n) is 3.45. The van der Waals surface area contributed by atoms with Gasteiger partial charge in [0, 0.05) is 32.7 Å². The van der Waals surface area contributed by atoms with Crippen LogP contribution in [0, 0.1) is 0 Å². The van der Waals surface area contributed by atoms with Gasteiger partial charge in [-0.25, -0.2) is 8.42 Å². The van der Waals surface area contributed by atoms with E-state index in [-0.39, 0.29) is 43.1 Å². The maximum atomic E-state index is 12.6. The summed E-state index contributed by atoms with van der Waals surface area (Å²) in [5, 5.41) is 6.39. The highest BCUT2D eigenvalue weighted by molar-refractivity contribution is 14.0. The Kier molecular flexibility index (Phi) is 10.8. The molecule has 2 aliphatic rings. The third-order valence-electron chi connectivity index (χ3n) is 5.04. The smallest absolute Gasteiger partial charge is 0.356 e. The molecule has 2 N–H and O–H groups in total. The fraction of sp³-hybridized carbons (Fsp3) is 0.938. The molecule has 0 unspecified atom stereocenters. The van der Waals surface area contributed by atoms with Crippen LogP contribution in [0.1, 0.15) is 38.5 Å². The molecule has 0 amide bonds. The van der Waals surface area contributed by atoms with Gasteiger partial charge >= 0.3 is 15.5 Å². The SMILES string of the molecule is CN=C(NCCCCN1CCCC1)NC1CCN(S(=O)(=O)C(F)(F)F)CC1.I. The van der Waals surface area contributed by atoms with E-state index in [9.17, 15) is 21.6 Å². The minimum atomic E-state index is -5.24. The number of piperidine rings is 1. The van der Waals surface area contributed by atoms with Crippen LogP contribution in [0.15, 0.2) is 4.99 Å². The number of nitrogens with zero attached hydrogens (tertiary/aromatic N) is 3. The topological polar surface area (TPSA) is 77.0 Å². The number of nitrogens with one attached hydrogen (secondary N) is 2. The molecule has 2 saturated heterocycles. The Labute approximate surface area is 182 Å². The highest BCUT2D eigenvalue weighted by atomic mass is 127. The standard InChI is InChI=1S/C16H30F3N5O2S.HI/c1-20-15(21-8-2-3-9-23-10-4-5-11-23)22-14-6-12-24(13-7-14)27(25,26)16(17,18)19;/h14H,2-13H2,1H3,(H2,20,21,22);1H. The van der Waals surface area contributed by atoms with Crippen LogP contribution in [0.4, 0.5) is 13.2 Å². The highest BCUT2D eigenvalue weighted by Gasteiger charge is 2.50. The molecule has 166 valence electrons. The average Bonchev–Trinajstić information content (AvgIpc) is 3.13. The van der Waals surface area contributed by atoms with Crippen LogP contribution < -0.4 is 10.6 Å². The van der Waals surface area contributed by atoms with Crippen molar-refractivity contribution >= 4 is 40.0 Å². The van der Waals surface area contributed by atoms with Gasteiger partial charge in [0.1, 0.15) is 0 Å². The summed E-state index contributed by atoms with van der Waals surface area (Å²) in [4.78, 5) is 6.60. The first-order chi connectivity index (χ1) is 12.7. The molecule has 0 atom stereocenters. The summed E-state index contributed by atoms with van der Waals surface area (Å²) in [5.41, 5.74) is -5.24. The van der Waals surface area contributed by atoms with E-state index < -0.39 is 15.5 Å². The molecule has 12 heteroatoms. The number of hydrogen-bond acceptors (Lipinski definition) is 4. The molecule has 0 bridgehead atoms. The van der Waals surface area contributed by atoms with Crippen LogP contribution in [-0.4, -0.2) is 81.4 Å². The van der Waals surface area contributed by atoms with Crippen LogP contribution in [0.25, 0.3) is 0 Å². The number of unbranched alkanes of at least 4 members (excludes halogenated alkanes) is 1. The van der Waals surface area contributed by atoms with Gasteiger partial charge in [0.2, 0.25) is 0 Å². The summed E-state index contributed by atoms with van der Waals surface area (Å²) < 4.78 is 61.2. The second kappa shape index (κ2) is 11.7. The predicted molar refractivity (Wildman–Crippen MR) is 114 cm³/mol. The number of rotatable bonds is 7. The minimum absolute atomic E-state index is 0. The van der Waals surface area contributed by atoms with E-state index >= 15 is 0 Å². The average molecular weight is 541 g/mol. The number of likely N-dealkylation sites (tertiary alicyclic amines) is 1. The van der Waals surface area contributed by atoms with Gasteiger partial charge in [0.05, 0.1) is 0 Å². The number of aliphatic imine (C=N–C) groups is 1. The van der Waals surface area contributed by atoms with Gasteiger partial charge in [-0.2, -0.15) is 17.5 Å². The zero-order valence-corrected chi connectivity index (χ0v) is 19.3. The monoisotopic (exact) mass is 541 g/mol. The molecule has 7 nitrogen and oxygen atoms in total. The first-order valence-corrected chi connectivity index (χ1v) is 10.9. The van der Waals surface area contributed by atoms with Crippen molar-refractivity contribution in [2.45, 2.75) is 50.1 Å². The van der Waals surface area contributed by atoms with Gasteiger partial charge in [-0.05, 0) is 58.2 Å². The van der Waals surface area contributed by atoms with Crippen LogP contribution in [0.3, 0.4) is 0 Å². The van der Waals surface area contributed by atoms with Gasteiger partial charge in [-0.15, -0.1) is 24.0 Å². The van der Waals surface area contributed by atoms with E-state index in [1.54, 1.807) is 7.05 Å². The van der Waals surface area contributed by atoms with Crippen molar-refractivity contribution in [3.8, 4) is 0 Å². The quantitative estimate of drug-likeness (QED) is 0.223. The van der Waals surface area contributed by atoms with Crippen molar-refractivity contribution < 1.29 is 21.6 Å². The summed E-state index contributed by atoms with van der Waals surface area (Å²) in [6.07, 6.45) is 5.32. The Morgan fingerprint density at radius 1 is 1.11 bits per heavy atom. The summed E-state index contributed by atoms with van der Waals surface area (Å²) in [6.45, 7) is 3.98. The molecule has 2 heterocycles. The highest BCUT2D eigenvalue weighted by Crippen LogP contribution is 2.28. The third-order valence-corrected chi connectivity index (χ3v) is 6.67. The first kappa shape index (κ1) is 25.7. The summed E-state index contributed by atoms with van der Waals surface area (Å²) in [6, 6.07) is -0.0968. The number of sulfonamides is 1. The lowest BCUT2D eigenvalue weighted by Gasteiger charge is -2.32. The van der Waals surface area contributed by atoms with Gasteiger partial charge in [-0.3, -0.25) is 4.99 Å². The first-order valence-electron chi connectivity index (χ1n) is 9.50. The van der Waals surface area contributed by atoms with Crippen LogP contribution >= 0.6 is 24.0 Å². The summed E-state index contributed by atoms with van der Waals surface area (Å²) in [5.74, 6) is 0.605. The van der Waals surface area contributed by atoms with Crippen LogP contribution in [-0.2, 0) is 10.0 Å². The Hall–Kier alpha value is -0.340. The molecule has 0 saturated carbocycles. The lowest BCUT2D eigenvalue weighted by Crippen LogP contribution is -2.51. The molecule has 0 aromatic rings. The normalized spacial score (nSPS) is 20.8. The van der Waals surface area contributed by atoms with E-state index in [2.05, 4.69) is 20.5 Å². The second-order valence-corrected chi connectivity index (χ2v) is 8.95. The maximum Gasteiger partial charge on any atom is 0.511 e. The Balaban J connectivity index is 0.00000392. The lowest BCUT2D eigenvalue weighted by atomic mass is 10.1. The Bertz CT molecular complexity index is 590. The maximum absolute atomic E-state index is 12.6. The van der Waals surface area contributed by atoms with Crippen molar-refractivity contribution in [1.82, 2.24) is 19.8 Å². The molecule has 2 aliphatic heterocycles. The molecule has 0 radical (unpaired) electrons. The van der Waals surface area contributed by atoms with E-state index in [0.29, 0.717) is 23.1 Å². The number of alkyl halides is 3. The number of halogens is 4. The third kappa shape index (κ3) is 7.48. The zero-order chi connectivity index (χ0) is 19.9. The van der Waals surface area contributed by atoms with Crippen molar-refractivity contribution in [2.75, 3.05) is 46.3 Å². The van der Waals surface area contributed by atoms with Gasteiger partial charge in [-0.1, -0.05) is 0 Å². The van der Waals surface area contributed by atoms with E-state index in [1.807, 2.05) is 0 Å². The Morgan fingerprint density at radius 2 is 1.71 bits per heavy atom. The summed E-state index contributed by atoms with van der Waals surface area (Å²) >= 11 is 0. The fourth-order valence-corrected chi connectivity index (χ4v) is 4.43. The minimum Gasteiger partial charge on any atom is -0.356 e. The number of hydrogen-bond donors (Lipinski definition) is 2.